The third-order valence-corrected chi connectivity index (χ3v) is 6.12. The quantitative estimate of drug-likeness (QED) is 0.691. The number of rotatable bonds is 4. The van der Waals surface area contributed by atoms with Crippen LogP contribution in [0.5, 0.6) is 5.88 Å². The molecule has 1 fully saturated rings. The van der Waals surface area contributed by atoms with E-state index in [9.17, 15) is 0 Å². The number of anilines is 2. The number of nitrogens with zero attached hydrogens (tertiary/aromatic N) is 4. The molecule has 0 saturated heterocycles. The molecule has 0 spiro atoms. The zero-order valence-electron chi connectivity index (χ0n) is 17.4. The van der Waals surface area contributed by atoms with Crippen molar-refractivity contribution in [3.8, 4) is 17.1 Å². The number of nitrogens with two attached hydrogens (primary N) is 2. The molecular weight excluding hydrogens is 376 g/mol. The van der Waals surface area contributed by atoms with Gasteiger partial charge in [-0.2, -0.15) is 0 Å². The molecular formula is C23H26N6O. The fraction of sp³-hybridized carbons (Fsp3) is 0.348. The van der Waals surface area contributed by atoms with E-state index >= 15 is 0 Å². The van der Waals surface area contributed by atoms with Crippen molar-refractivity contribution in [3.05, 3.63) is 58.9 Å². The number of aromatic nitrogens is 3. The Kier molecular flexibility index (Phi) is 4.36. The van der Waals surface area contributed by atoms with Gasteiger partial charge >= 0.3 is 0 Å². The molecule has 2 aromatic heterocycles. The van der Waals surface area contributed by atoms with Crippen LogP contribution in [0.1, 0.15) is 35.1 Å². The van der Waals surface area contributed by atoms with Crippen LogP contribution in [-0.4, -0.2) is 33.4 Å². The number of ether oxygens (including phenoxy) is 1. The molecule has 3 aromatic rings. The molecule has 0 radical (unpaired) electrons. The first-order chi connectivity index (χ1) is 14.4. The fourth-order valence-electron chi connectivity index (χ4n) is 4.28. The molecule has 0 bridgehead atoms. The Labute approximate surface area is 176 Å². The molecule has 7 heteroatoms. The maximum absolute atomic E-state index is 6.32. The van der Waals surface area contributed by atoms with Gasteiger partial charge in [0.2, 0.25) is 0 Å². The molecule has 1 aliphatic heterocycles. The third-order valence-electron chi connectivity index (χ3n) is 6.12. The minimum Gasteiger partial charge on any atom is -0.464 e. The molecule has 0 unspecified atom stereocenters. The van der Waals surface area contributed by atoms with Crippen LogP contribution in [0.3, 0.4) is 0 Å². The molecule has 7 nitrogen and oxygen atoms in total. The maximum Gasteiger partial charge on any atom is 0.258 e. The lowest BCUT2D eigenvalue weighted by Crippen LogP contribution is -2.27. The van der Waals surface area contributed by atoms with E-state index in [0.717, 1.165) is 49.2 Å². The second kappa shape index (κ2) is 6.95. The van der Waals surface area contributed by atoms with Gasteiger partial charge in [0.25, 0.3) is 5.88 Å². The Morgan fingerprint density at radius 2 is 1.97 bits per heavy atom. The van der Waals surface area contributed by atoms with Crippen molar-refractivity contribution in [2.45, 2.75) is 38.3 Å². The van der Waals surface area contributed by atoms with E-state index in [4.69, 9.17) is 21.2 Å². The van der Waals surface area contributed by atoms with Gasteiger partial charge in [0.1, 0.15) is 11.4 Å². The second-order valence-electron chi connectivity index (χ2n) is 8.43. The molecule has 1 saturated carbocycles. The van der Waals surface area contributed by atoms with Gasteiger partial charge in [-0.3, -0.25) is 0 Å². The molecule has 1 aromatic carbocycles. The monoisotopic (exact) mass is 402 g/mol. The molecule has 2 aliphatic rings. The summed E-state index contributed by atoms with van der Waals surface area (Å²) in [4.78, 5) is 15.5. The molecule has 0 atom stereocenters. The van der Waals surface area contributed by atoms with Gasteiger partial charge in [-0.25, -0.2) is 15.0 Å². The normalized spacial score (nSPS) is 17.4. The molecule has 0 amide bonds. The van der Waals surface area contributed by atoms with E-state index in [-0.39, 0.29) is 0 Å². The SMILES string of the molecule is Cc1cc(-c2cnc(N)c(OC3(c4ccnc(N)c4)CC3)n2)cc2c1CCN(C)C2. The lowest BCUT2D eigenvalue weighted by atomic mass is 9.92. The molecule has 30 heavy (non-hydrogen) atoms. The first-order valence-corrected chi connectivity index (χ1v) is 10.3. The fourth-order valence-corrected chi connectivity index (χ4v) is 4.28. The highest BCUT2D eigenvalue weighted by Crippen LogP contribution is 2.50. The van der Waals surface area contributed by atoms with Crippen molar-refractivity contribution in [1.29, 1.82) is 0 Å². The zero-order chi connectivity index (χ0) is 20.9. The highest BCUT2D eigenvalue weighted by atomic mass is 16.5. The topological polar surface area (TPSA) is 103 Å². The van der Waals surface area contributed by atoms with Crippen LogP contribution in [0.15, 0.2) is 36.7 Å². The highest BCUT2D eigenvalue weighted by molar-refractivity contribution is 5.64. The van der Waals surface area contributed by atoms with Gasteiger partial charge in [-0.15, -0.1) is 0 Å². The summed E-state index contributed by atoms with van der Waals surface area (Å²) in [6, 6.07) is 8.19. The highest BCUT2D eigenvalue weighted by Gasteiger charge is 2.48. The van der Waals surface area contributed by atoms with Crippen LogP contribution < -0.4 is 16.2 Å². The van der Waals surface area contributed by atoms with E-state index in [2.05, 4.69) is 41.0 Å². The average Bonchev–Trinajstić information content (AvgIpc) is 3.50. The largest absolute Gasteiger partial charge is 0.464 e. The van der Waals surface area contributed by atoms with E-state index in [0.29, 0.717) is 17.5 Å². The minimum atomic E-state index is -0.451. The smallest absolute Gasteiger partial charge is 0.258 e. The summed E-state index contributed by atoms with van der Waals surface area (Å²) in [6.07, 6.45) is 6.27. The van der Waals surface area contributed by atoms with Gasteiger partial charge in [-0.1, -0.05) is 0 Å². The predicted molar refractivity (Wildman–Crippen MR) is 117 cm³/mol. The van der Waals surface area contributed by atoms with Crippen molar-refractivity contribution in [1.82, 2.24) is 19.9 Å². The van der Waals surface area contributed by atoms with Crippen LogP contribution in [-0.2, 0) is 18.6 Å². The molecule has 4 N–H and O–H groups in total. The van der Waals surface area contributed by atoms with Gasteiger partial charge in [-0.05, 0) is 74.2 Å². The number of hydrogen-bond donors (Lipinski definition) is 2. The van der Waals surface area contributed by atoms with Gasteiger partial charge in [0, 0.05) is 30.4 Å². The standard InChI is InChI=1S/C23H26N6O/c1-14-9-15(10-16-13-29(2)8-4-18(14)16)19-12-27-21(25)22(28-19)30-23(5-6-23)17-3-7-26-20(24)11-17/h3,7,9-12H,4-6,8,13H2,1-2H3,(H2,24,26)(H2,25,27). The Bertz CT molecular complexity index is 1120. The number of nitrogen functional groups attached to an aromatic ring is 2. The first-order valence-electron chi connectivity index (χ1n) is 10.3. The summed E-state index contributed by atoms with van der Waals surface area (Å²) < 4.78 is 6.32. The number of aryl methyl sites for hydroxylation is 1. The molecule has 5 rings (SSSR count). The Hall–Kier alpha value is -3.19. The molecule has 1 aliphatic carbocycles. The second-order valence-corrected chi connectivity index (χ2v) is 8.43. The van der Waals surface area contributed by atoms with Crippen LogP contribution in [0, 0.1) is 6.92 Å². The van der Waals surface area contributed by atoms with Crippen molar-refractivity contribution in [3.63, 3.8) is 0 Å². The van der Waals surface area contributed by atoms with Crippen molar-refractivity contribution >= 4 is 11.6 Å². The van der Waals surface area contributed by atoms with E-state index in [1.54, 1.807) is 12.4 Å². The molecule has 154 valence electrons. The van der Waals surface area contributed by atoms with Crippen molar-refractivity contribution in [2.75, 3.05) is 25.1 Å². The van der Waals surface area contributed by atoms with Crippen LogP contribution >= 0.6 is 0 Å². The minimum absolute atomic E-state index is 0.293. The number of benzene rings is 1. The summed E-state index contributed by atoms with van der Waals surface area (Å²) in [5.74, 6) is 1.14. The lowest BCUT2D eigenvalue weighted by Gasteiger charge is -2.27. The first kappa shape index (κ1) is 18.8. The van der Waals surface area contributed by atoms with E-state index < -0.39 is 5.60 Å². The van der Waals surface area contributed by atoms with Crippen LogP contribution in [0.25, 0.3) is 11.3 Å². The van der Waals surface area contributed by atoms with Crippen LogP contribution in [0.4, 0.5) is 11.6 Å². The van der Waals surface area contributed by atoms with Gasteiger partial charge < -0.3 is 21.1 Å². The number of hydrogen-bond acceptors (Lipinski definition) is 7. The maximum atomic E-state index is 6.32. The Balaban J connectivity index is 1.49. The summed E-state index contributed by atoms with van der Waals surface area (Å²) in [5.41, 5.74) is 18.4. The third kappa shape index (κ3) is 3.35. The Morgan fingerprint density at radius 3 is 2.73 bits per heavy atom. The Morgan fingerprint density at radius 1 is 1.13 bits per heavy atom. The summed E-state index contributed by atoms with van der Waals surface area (Å²) in [5, 5.41) is 0. The summed E-state index contributed by atoms with van der Waals surface area (Å²) in [6.45, 7) is 4.21. The number of likely N-dealkylation sites (N-methyl/N-ethyl adjacent to an activating group) is 1. The van der Waals surface area contributed by atoms with E-state index in [1.807, 2.05) is 12.1 Å². The number of fused-ring (bicyclic) bond motifs is 1. The van der Waals surface area contributed by atoms with Crippen molar-refractivity contribution in [2.24, 2.45) is 0 Å². The van der Waals surface area contributed by atoms with Crippen molar-refractivity contribution < 1.29 is 4.74 Å². The van der Waals surface area contributed by atoms with E-state index in [1.165, 1.54) is 16.7 Å². The average molecular weight is 403 g/mol. The van der Waals surface area contributed by atoms with Gasteiger partial charge in [0.05, 0.1) is 11.9 Å². The lowest BCUT2D eigenvalue weighted by molar-refractivity contribution is 0.173. The van der Waals surface area contributed by atoms with Crippen LogP contribution in [0.2, 0.25) is 0 Å². The molecule has 3 heterocycles. The summed E-state index contributed by atoms with van der Waals surface area (Å²) >= 11 is 0. The zero-order valence-corrected chi connectivity index (χ0v) is 17.4. The van der Waals surface area contributed by atoms with Gasteiger partial charge in [0.15, 0.2) is 5.82 Å². The summed E-state index contributed by atoms with van der Waals surface area (Å²) in [7, 11) is 2.15. The predicted octanol–water partition coefficient (Wildman–Crippen LogP) is 3.07. The number of pyridine rings is 1.